The van der Waals surface area contributed by atoms with Crippen molar-refractivity contribution in [1.29, 1.82) is 0 Å². The van der Waals surface area contributed by atoms with Gasteiger partial charge in [0.1, 0.15) is 5.75 Å². The van der Waals surface area contributed by atoms with E-state index in [0.29, 0.717) is 9.50 Å². The highest BCUT2D eigenvalue weighted by molar-refractivity contribution is 9.10. The molecule has 2 rings (SSSR count). The summed E-state index contributed by atoms with van der Waals surface area (Å²) < 4.78 is 0.695. The van der Waals surface area contributed by atoms with Crippen LogP contribution >= 0.6 is 27.5 Å². The van der Waals surface area contributed by atoms with Gasteiger partial charge in [0.2, 0.25) is 0 Å². The van der Waals surface area contributed by atoms with Crippen LogP contribution in [0.1, 0.15) is 18.0 Å². The third-order valence-corrected chi connectivity index (χ3v) is 3.26. The van der Waals surface area contributed by atoms with Crippen molar-refractivity contribution in [3.63, 3.8) is 0 Å². The number of rotatable bonds is 1. The Morgan fingerprint density at radius 2 is 2.23 bits per heavy atom. The van der Waals surface area contributed by atoms with Crippen LogP contribution in [0.2, 0.25) is 5.02 Å². The number of phenolic OH excluding ortho intramolecular Hbond substituents is 1. The summed E-state index contributed by atoms with van der Waals surface area (Å²) in [4.78, 5) is 0. The van der Waals surface area contributed by atoms with E-state index in [-0.39, 0.29) is 11.8 Å². The topological polar surface area (TPSA) is 32.3 Å². The van der Waals surface area contributed by atoms with Crippen molar-refractivity contribution in [1.82, 2.24) is 5.32 Å². The van der Waals surface area contributed by atoms with Crippen molar-refractivity contribution in [2.75, 3.05) is 6.54 Å². The molecule has 13 heavy (non-hydrogen) atoms. The molecule has 1 unspecified atom stereocenters. The lowest BCUT2D eigenvalue weighted by Crippen LogP contribution is -2.35. The van der Waals surface area contributed by atoms with Crippen molar-refractivity contribution >= 4 is 27.5 Å². The first-order valence-corrected chi connectivity index (χ1v) is 5.27. The zero-order valence-corrected chi connectivity index (χ0v) is 9.19. The van der Waals surface area contributed by atoms with E-state index in [1.165, 1.54) is 0 Å². The summed E-state index contributed by atoms with van der Waals surface area (Å²) in [6.45, 7) is 0.993. The molecule has 1 aliphatic heterocycles. The van der Waals surface area contributed by atoms with Gasteiger partial charge in [0, 0.05) is 16.6 Å². The smallest absolute Gasteiger partial charge is 0.136 e. The molecule has 1 aromatic carbocycles. The second-order valence-corrected chi connectivity index (χ2v) is 4.35. The molecule has 2 N–H and O–H groups in total. The number of halogens is 2. The monoisotopic (exact) mass is 261 g/mol. The van der Waals surface area contributed by atoms with Gasteiger partial charge in [-0.1, -0.05) is 11.6 Å². The van der Waals surface area contributed by atoms with Crippen molar-refractivity contribution in [3.05, 3.63) is 27.2 Å². The Morgan fingerprint density at radius 1 is 1.54 bits per heavy atom. The summed E-state index contributed by atoms with van der Waals surface area (Å²) in [5.41, 5.74) is 0.808. The fraction of sp³-hybridized carbons (Fsp3) is 0.333. The summed E-state index contributed by atoms with van der Waals surface area (Å²) in [6, 6.07) is 3.76. The highest BCUT2D eigenvalue weighted by atomic mass is 79.9. The molecule has 0 amide bonds. The van der Waals surface area contributed by atoms with Gasteiger partial charge in [-0.2, -0.15) is 0 Å². The van der Waals surface area contributed by atoms with Crippen LogP contribution in [0.5, 0.6) is 5.75 Å². The SMILES string of the molecule is Oc1c(Br)ccc(Cl)c1C1CCN1. The van der Waals surface area contributed by atoms with Gasteiger partial charge in [-0.15, -0.1) is 0 Å². The van der Waals surface area contributed by atoms with Crippen LogP contribution in [-0.2, 0) is 0 Å². The van der Waals surface area contributed by atoms with E-state index in [1.54, 1.807) is 12.1 Å². The Kier molecular flexibility index (Phi) is 2.49. The van der Waals surface area contributed by atoms with Crippen LogP contribution < -0.4 is 5.32 Å². The van der Waals surface area contributed by atoms with Crippen LogP contribution in [0.25, 0.3) is 0 Å². The minimum absolute atomic E-state index is 0.213. The Labute approximate surface area is 90.0 Å². The molecule has 0 saturated carbocycles. The molecule has 0 aliphatic carbocycles. The Hall–Kier alpha value is -0.250. The maximum atomic E-state index is 9.74. The van der Waals surface area contributed by atoms with Gasteiger partial charge < -0.3 is 10.4 Å². The van der Waals surface area contributed by atoms with Gasteiger partial charge in [0.05, 0.1) is 4.47 Å². The van der Waals surface area contributed by atoms with Crippen LogP contribution in [0.4, 0.5) is 0 Å². The van der Waals surface area contributed by atoms with Gasteiger partial charge in [0.25, 0.3) is 0 Å². The molecule has 0 radical (unpaired) electrons. The molecule has 0 spiro atoms. The molecule has 1 saturated heterocycles. The third kappa shape index (κ3) is 1.56. The van der Waals surface area contributed by atoms with E-state index in [1.807, 2.05) is 0 Å². The second-order valence-electron chi connectivity index (χ2n) is 3.09. The maximum Gasteiger partial charge on any atom is 0.136 e. The maximum absolute atomic E-state index is 9.74. The third-order valence-electron chi connectivity index (χ3n) is 2.29. The van der Waals surface area contributed by atoms with Gasteiger partial charge in [-0.05, 0) is 41.0 Å². The first kappa shape index (κ1) is 9.31. The standard InChI is InChI=1S/C9H9BrClNO/c10-5-1-2-6(11)8(9(5)13)7-3-4-12-7/h1-2,7,12-13H,3-4H2. The Balaban J connectivity index is 2.46. The molecule has 0 aromatic heterocycles. The van der Waals surface area contributed by atoms with Gasteiger partial charge in [-0.3, -0.25) is 0 Å². The molecule has 4 heteroatoms. The molecule has 1 heterocycles. The van der Waals surface area contributed by atoms with E-state index < -0.39 is 0 Å². The number of aromatic hydroxyl groups is 1. The number of benzene rings is 1. The van der Waals surface area contributed by atoms with Crippen LogP contribution in [0, 0.1) is 0 Å². The Morgan fingerprint density at radius 3 is 2.77 bits per heavy atom. The van der Waals surface area contributed by atoms with Crippen molar-refractivity contribution in [2.24, 2.45) is 0 Å². The normalized spacial score (nSPS) is 21.2. The molecule has 1 aromatic rings. The lowest BCUT2D eigenvalue weighted by atomic mass is 9.97. The average Bonchev–Trinajstić information content (AvgIpc) is 2.02. The van der Waals surface area contributed by atoms with E-state index >= 15 is 0 Å². The van der Waals surface area contributed by atoms with E-state index in [9.17, 15) is 5.11 Å². The fourth-order valence-electron chi connectivity index (χ4n) is 1.42. The molecule has 1 aliphatic rings. The number of hydrogen-bond donors (Lipinski definition) is 2. The number of nitrogens with one attached hydrogen (secondary N) is 1. The first-order chi connectivity index (χ1) is 6.20. The lowest BCUT2D eigenvalue weighted by Gasteiger charge is -2.29. The average molecular weight is 263 g/mol. The van der Waals surface area contributed by atoms with Crippen molar-refractivity contribution in [3.8, 4) is 5.75 Å². The van der Waals surface area contributed by atoms with Crippen LogP contribution in [-0.4, -0.2) is 11.7 Å². The van der Waals surface area contributed by atoms with Crippen LogP contribution in [0.3, 0.4) is 0 Å². The quantitative estimate of drug-likeness (QED) is 0.816. The summed E-state index contributed by atoms with van der Waals surface area (Å²) in [5.74, 6) is 0.254. The summed E-state index contributed by atoms with van der Waals surface area (Å²) in [5, 5.41) is 13.6. The molecule has 2 nitrogen and oxygen atoms in total. The van der Waals surface area contributed by atoms with Gasteiger partial charge in [-0.25, -0.2) is 0 Å². The van der Waals surface area contributed by atoms with Gasteiger partial charge in [0.15, 0.2) is 0 Å². The van der Waals surface area contributed by atoms with Gasteiger partial charge >= 0.3 is 0 Å². The Bertz CT molecular complexity index is 339. The number of phenols is 1. The van der Waals surface area contributed by atoms with E-state index in [4.69, 9.17) is 11.6 Å². The number of hydrogen-bond acceptors (Lipinski definition) is 2. The predicted octanol–water partition coefficient (Wildman–Crippen LogP) is 2.84. The molecule has 70 valence electrons. The largest absolute Gasteiger partial charge is 0.506 e. The second kappa shape index (κ2) is 3.48. The van der Waals surface area contributed by atoms with E-state index in [2.05, 4.69) is 21.2 Å². The summed E-state index contributed by atoms with van der Waals surface area (Å²) in [6.07, 6.45) is 1.03. The minimum atomic E-state index is 0.213. The van der Waals surface area contributed by atoms with Crippen molar-refractivity contribution < 1.29 is 5.11 Å². The predicted molar refractivity (Wildman–Crippen MR) is 56.2 cm³/mol. The molecular formula is C9H9BrClNO. The summed E-state index contributed by atoms with van der Waals surface area (Å²) >= 11 is 9.25. The van der Waals surface area contributed by atoms with Crippen LogP contribution in [0.15, 0.2) is 16.6 Å². The highest BCUT2D eigenvalue weighted by Gasteiger charge is 2.24. The molecule has 0 bridgehead atoms. The molecule has 1 atom stereocenters. The highest BCUT2D eigenvalue weighted by Crippen LogP contribution is 2.40. The van der Waals surface area contributed by atoms with Crippen molar-refractivity contribution in [2.45, 2.75) is 12.5 Å². The molecule has 1 fully saturated rings. The zero-order chi connectivity index (χ0) is 9.42. The first-order valence-electron chi connectivity index (χ1n) is 4.10. The minimum Gasteiger partial charge on any atom is -0.506 e. The van der Waals surface area contributed by atoms with E-state index in [0.717, 1.165) is 18.5 Å². The summed E-state index contributed by atoms with van der Waals surface area (Å²) in [7, 11) is 0. The zero-order valence-electron chi connectivity index (χ0n) is 6.85. The lowest BCUT2D eigenvalue weighted by molar-refractivity contribution is 0.364. The fourth-order valence-corrected chi connectivity index (χ4v) is 2.05. The molecular weight excluding hydrogens is 253 g/mol.